The molecular formula is C16H14N4O2. The van der Waals surface area contributed by atoms with Gasteiger partial charge in [0.25, 0.3) is 0 Å². The Kier molecular flexibility index (Phi) is 3.67. The molecule has 1 heterocycles. The van der Waals surface area contributed by atoms with Crippen LogP contribution >= 0.6 is 0 Å². The highest BCUT2D eigenvalue weighted by Gasteiger charge is 2.16. The molecule has 3 rings (SSSR count). The summed E-state index contributed by atoms with van der Waals surface area (Å²) >= 11 is 0. The highest BCUT2D eigenvalue weighted by atomic mass is 16.4. The van der Waals surface area contributed by atoms with Gasteiger partial charge in [-0.15, -0.1) is 5.10 Å². The zero-order valence-corrected chi connectivity index (χ0v) is 11.7. The predicted molar refractivity (Wildman–Crippen MR) is 81.6 cm³/mol. The Bertz CT molecular complexity index is 812. The van der Waals surface area contributed by atoms with E-state index in [0.29, 0.717) is 11.4 Å². The lowest BCUT2D eigenvalue weighted by Gasteiger charge is -2.08. The molecule has 1 aromatic heterocycles. The minimum atomic E-state index is -0.984. The number of carbonyl (C=O) groups is 1. The Morgan fingerprint density at radius 2 is 1.91 bits per heavy atom. The average molecular weight is 294 g/mol. The zero-order chi connectivity index (χ0) is 15.5. The van der Waals surface area contributed by atoms with Crippen molar-refractivity contribution in [2.45, 2.75) is 6.54 Å². The van der Waals surface area contributed by atoms with Gasteiger partial charge in [-0.3, -0.25) is 0 Å². The van der Waals surface area contributed by atoms with E-state index in [4.69, 9.17) is 10.8 Å². The van der Waals surface area contributed by atoms with Crippen LogP contribution in [0.15, 0.2) is 54.6 Å². The van der Waals surface area contributed by atoms with E-state index in [-0.39, 0.29) is 12.1 Å². The summed E-state index contributed by atoms with van der Waals surface area (Å²) in [5, 5.41) is 17.4. The van der Waals surface area contributed by atoms with Gasteiger partial charge in [-0.05, 0) is 18.2 Å². The summed E-state index contributed by atoms with van der Waals surface area (Å²) in [6, 6.07) is 16.2. The van der Waals surface area contributed by atoms with E-state index in [1.54, 1.807) is 22.9 Å². The molecule has 3 aromatic rings. The van der Waals surface area contributed by atoms with Gasteiger partial charge >= 0.3 is 5.97 Å². The molecule has 6 heteroatoms. The summed E-state index contributed by atoms with van der Waals surface area (Å²) in [4.78, 5) is 11.1. The van der Waals surface area contributed by atoms with Crippen molar-refractivity contribution < 1.29 is 9.90 Å². The first-order valence-corrected chi connectivity index (χ1v) is 6.74. The number of aromatic nitrogens is 3. The fourth-order valence-electron chi connectivity index (χ4n) is 2.29. The van der Waals surface area contributed by atoms with Gasteiger partial charge in [0.15, 0.2) is 0 Å². The molecule has 0 fully saturated rings. The molecule has 0 radical (unpaired) electrons. The van der Waals surface area contributed by atoms with E-state index in [0.717, 1.165) is 11.3 Å². The molecule has 0 saturated heterocycles. The molecule has 0 amide bonds. The number of benzene rings is 2. The van der Waals surface area contributed by atoms with Crippen molar-refractivity contribution in [3.05, 3.63) is 65.9 Å². The van der Waals surface area contributed by atoms with E-state index in [2.05, 4.69) is 10.3 Å². The van der Waals surface area contributed by atoms with Gasteiger partial charge in [-0.2, -0.15) is 0 Å². The van der Waals surface area contributed by atoms with E-state index < -0.39 is 5.97 Å². The SMILES string of the molecule is NCc1nnn(-c2cccc(C(=O)O)c2)c1-c1ccccc1. The van der Waals surface area contributed by atoms with Crippen LogP contribution in [0, 0.1) is 0 Å². The molecule has 6 nitrogen and oxygen atoms in total. The van der Waals surface area contributed by atoms with Crippen LogP contribution in [0.25, 0.3) is 16.9 Å². The first-order chi connectivity index (χ1) is 10.7. The summed E-state index contributed by atoms with van der Waals surface area (Å²) < 4.78 is 1.62. The lowest BCUT2D eigenvalue weighted by molar-refractivity contribution is 0.0697. The molecule has 0 aliphatic rings. The number of nitrogens with zero attached hydrogens (tertiary/aromatic N) is 3. The Morgan fingerprint density at radius 1 is 1.14 bits per heavy atom. The van der Waals surface area contributed by atoms with Crippen LogP contribution in [-0.2, 0) is 6.54 Å². The van der Waals surface area contributed by atoms with Gasteiger partial charge in [-0.25, -0.2) is 9.48 Å². The van der Waals surface area contributed by atoms with Crippen molar-refractivity contribution in [3.8, 4) is 16.9 Å². The minimum absolute atomic E-state index is 0.196. The summed E-state index contributed by atoms with van der Waals surface area (Å²) in [7, 11) is 0. The van der Waals surface area contributed by atoms with Crippen molar-refractivity contribution in [2.24, 2.45) is 5.73 Å². The molecular weight excluding hydrogens is 280 g/mol. The fourth-order valence-corrected chi connectivity index (χ4v) is 2.29. The Hall–Kier alpha value is -2.99. The Balaban J connectivity index is 2.18. The average Bonchev–Trinajstić information content (AvgIpc) is 2.99. The van der Waals surface area contributed by atoms with Gasteiger partial charge in [0.05, 0.1) is 16.9 Å². The van der Waals surface area contributed by atoms with Crippen LogP contribution in [0.5, 0.6) is 0 Å². The quantitative estimate of drug-likeness (QED) is 0.768. The van der Waals surface area contributed by atoms with E-state index >= 15 is 0 Å². The van der Waals surface area contributed by atoms with Crippen LogP contribution in [0.4, 0.5) is 0 Å². The van der Waals surface area contributed by atoms with Gasteiger partial charge in [-0.1, -0.05) is 41.6 Å². The summed E-state index contributed by atoms with van der Waals surface area (Å²) in [5.41, 5.74) is 8.93. The lowest BCUT2D eigenvalue weighted by atomic mass is 10.1. The molecule has 110 valence electrons. The van der Waals surface area contributed by atoms with Gasteiger partial charge < -0.3 is 10.8 Å². The molecule has 0 aliphatic carbocycles. The molecule has 0 bridgehead atoms. The molecule has 2 aromatic carbocycles. The molecule has 0 unspecified atom stereocenters. The maximum absolute atomic E-state index is 11.1. The number of hydrogen-bond donors (Lipinski definition) is 2. The summed E-state index contributed by atoms with van der Waals surface area (Å²) in [6.45, 7) is 0.253. The van der Waals surface area contributed by atoms with Crippen LogP contribution < -0.4 is 5.73 Å². The van der Waals surface area contributed by atoms with Crippen LogP contribution in [0.2, 0.25) is 0 Å². The maximum atomic E-state index is 11.1. The first kappa shape index (κ1) is 14.0. The molecule has 22 heavy (non-hydrogen) atoms. The second-order valence-electron chi connectivity index (χ2n) is 4.72. The molecule has 3 N–H and O–H groups in total. The number of aromatic carboxylic acids is 1. The molecule has 0 spiro atoms. The van der Waals surface area contributed by atoms with Crippen LogP contribution in [0.3, 0.4) is 0 Å². The van der Waals surface area contributed by atoms with E-state index in [1.807, 2.05) is 30.3 Å². The van der Waals surface area contributed by atoms with Gasteiger partial charge in [0.1, 0.15) is 5.69 Å². The Morgan fingerprint density at radius 3 is 2.59 bits per heavy atom. The van der Waals surface area contributed by atoms with E-state index in [1.165, 1.54) is 6.07 Å². The van der Waals surface area contributed by atoms with Crippen LogP contribution in [0.1, 0.15) is 16.1 Å². The fraction of sp³-hybridized carbons (Fsp3) is 0.0625. The third kappa shape index (κ3) is 2.47. The maximum Gasteiger partial charge on any atom is 0.335 e. The van der Waals surface area contributed by atoms with Crippen LogP contribution in [-0.4, -0.2) is 26.1 Å². The van der Waals surface area contributed by atoms with Crippen molar-refractivity contribution >= 4 is 5.97 Å². The predicted octanol–water partition coefficient (Wildman–Crippen LogP) is 2.09. The minimum Gasteiger partial charge on any atom is -0.478 e. The third-order valence-corrected chi connectivity index (χ3v) is 3.32. The number of carboxylic acids is 1. The van der Waals surface area contributed by atoms with Crippen molar-refractivity contribution in [1.29, 1.82) is 0 Å². The van der Waals surface area contributed by atoms with Gasteiger partial charge in [0.2, 0.25) is 0 Å². The number of nitrogens with two attached hydrogens (primary N) is 1. The number of hydrogen-bond acceptors (Lipinski definition) is 4. The lowest BCUT2D eigenvalue weighted by Crippen LogP contribution is -2.04. The topological polar surface area (TPSA) is 94.0 Å². The standard InChI is InChI=1S/C16H14N4O2/c17-10-14-15(11-5-2-1-3-6-11)20(19-18-14)13-8-4-7-12(9-13)16(21)22/h1-9H,10,17H2,(H,21,22). The monoisotopic (exact) mass is 294 g/mol. The summed E-state index contributed by atoms with van der Waals surface area (Å²) in [5.74, 6) is -0.984. The first-order valence-electron chi connectivity index (χ1n) is 6.74. The van der Waals surface area contributed by atoms with Crippen molar-refractivity contribution in [1.82, 2.24) is 15.0 Å². The highest BCUT2D eigenvalue weighted by molar-refractivity contribution is 5.88. The normalized spacial score (nSPS) is 10.6. The Labute approximate surface area is 126 Å². The smallest absolute Gasteiger partial charge is 0.335 e. The third-order valence-electron chi connectivity index (χ3n) is 3.32. The molecule has 0 saturated carbocycles. The number of carboxylic acid groups (broad SMARTS) is 1. The largest absolute Gasteiger partial charge is 0.478 e. The van der Waals surface area contributed by atoms with Gasteiger partial charge in [0, 0.05) is 12.1 Å². The second kappa shape index (κ2) is 5.79. The molecule has 0 aliphatic heterocycles. The van der Waals surface area contributed by atoms with Crippen molar-refractivity contribution in [2.75, 3.05) is 0 Å². The second-order valence-corrected chi connectivity index (χ2v) is 4.72. The molecule has 0 atom stereocenters. The van der Waals surface area contributed by atoms with Crippen molar-refractivity contribution in [3.63, 3.8) is 0 Å². The van der Waals surface area contributed by atoms with E-state index in [9.17, 15) is 4.79 Å². The number of rotatable bonds is 4. The highest BCUT2D eigenvalue weighted by Crippen LogP contribution is 2.25. The summed E-state index contributed by atoms with van der Waals surface area (Å²) in [6.07, 6.45) is 0. The zero-order valence-electron chi connectivity index (χ0n) is 11.7.